The summed E-state index contributed by atoms with van der Waals surface area (Å²) in [4.78, 5) is 17.4. The predicted molar refractivity (Wildman–Crippen MR) is 98.7 cm³/mol. The van der Waals surface area contributed by atoms with Crippen LogP contribution in [0.5, 0.6) is 0 Å². The highest BCUT2D eigenvalue weighted by Crippen LogP contribution is 2.54. The highest BCUT2D eigenvalue weighted by molar-refractivity contribution is 7.89. The quantitative estimate of drug-likeness (QED) is 0.694. The van der Waals surface area contributed by atoms with E-state index in [2.05, 4.69) is 10.1 Å². The zero-order chi connectivity index (χ0) is 19.4. The number of hydrogen-bond donors (Lipinski definition) is 0. The molecule has 0 saturated carbocycles. The minimum atomic E-state index is -3.75. The van der Waals surface area contributed by atoms with Crippen LogP contribution in [0.25, 0.3) is 0 Å². The van der Waals surface area contributed by atoms with Gasteiger partial charge in [-0.15, -0.1) is 11.3 Å². The molecule has 10 heteroatoms. The third-order valence-corrected chi connectivity index (χ3v) is 8.47. The Morgan fingerprint density at radius 1 is 1.44 bits per heavy atom. The minimum absolute atomic E-state index is 0.205. The maximum Gasteiger partial charge on any atom is 0.313 e. The molecular formula is C17H22N4O4S2. The summed E-state index contributed by atoms with van der Waals surface area (Å²) in [5, 5.41) is 6.08. The van der Waals surface area contributed by atoms with Gasteiger partial charge < -0.3 is 4.74 Å². The molecule has 146 valence electrons. The van der Waals surface area contributed by atoms with Crippen LogP contribution in [0.4, 0.5) is 0 Å². The van der Waals surface area contributed by atoms with Gasteiger partial charge in [0.1, 0.15) is 4.90 Å². The molecule has 2 aromatic heterocycles. The van der Waals surface area contributed by atoms with Crippen molar-refractivity contribution in [2.24, 2.45) is 12.5 Å². The Balaban J connectivity index is 1.77. The average molecular weight is 411 g/mol. The lowest BCUT2D eigenvalue weighted by Crippen LogP contribution is -2.47. The molecule has 2 aliphatic rings. The topological polar surface area (TPSA) is 94.4 Å². The second kappa shape index (κ2) is 6.39. The van der Waals surface area contributed by atoms with E-state index in [0.717, 1.165) is 12.1 Å². The number of hydrogen-bond acceptors (Lipinski definition) is 7. The Morgan fingerprint density at radius 2 is 2.22 bits per heavy atom. The fourth-order valence-electron chi connectivity index (χ4n) is 4.77. The van der Waals surface area contributed by atoms with Crippen LogP contribution in [0.2, 0.25) is 0 Å². The normalized spacial score (nSPS) is 28.0. The van der Waals surface area contributed by atoms with Gasteiger partial charge in [-0.25, -0.2) is 13.4 Å². The molecule has 27 heavy (non-hydrogen) atoms. The zero-order valence-electron chi connectivity index (χ0n) is 15.5. The summed E-state index contributed by atoms with van der Waals surface area (Å²) in [6.07, 6.45) is 3.77. The number of fused-ring (bicyclic) bond motifs is 2. The second-order valence-electron chi connectivity index (χ2n) is 7.34. The van der Waals surface area contributed by atoms with Crippen LogP contribution in [0.15, 0.2) is 22.0 Å². The van der Waals surface area contributed by atoms with Crippen molar-refractivity contribution in [3.63, 3.8) is 0 Å². The van der Waals surface area contributed by atoms with Crippen LogP contribution in [0.1, 0.15) is 30.7 Å². The molecule has 2 bridgehead atoms. The SMILES string of the molecule is COC(=O)[C@@]1(Cc2cscn2)C[C@H]2CC[C@@H]1N2S(=O)(=O)c1cn(C)nc1C. The lowest BCUT2D eigenvalue weighted by molar-refractivity contribution is -0.154. The molecule has 0 N–H and O–H groups in total. The van der Waals surface area contributed by atoms with E-state index < -0.39 is 21.5 Å². The van der Waals surface area contributed by atoms with E-state index in [9.17, 15) is 13.2 Å². The number of sulfonamides is 1. The highest BCUT2D eigenvalue weighted by Gasteiger charge is 2.64. The molecule has 0 spiro atoms. The van der Waals surface area contributed by atoms with Gasteiger partial charge in [0, 0.05) is 37.1 Å². The van der Waals surface area contributed by atoms with Crippen molar-refractivity contribution < 1.29 is 17.9 Å². The van der Waals surface area contributed by atoms with Gasteiger partial charge in [0.25, 0.3) is 0 Å². The molecule has 0 aromatic carbocycles. The van der Waals surface area contributed by atoms with Crippen LogP contribution < -0.4 is 0 Å². The number of carbonyl (C=O) groups excluding carboxylic acids is 1. The molecule has 0 amide bonds. The van der Waals surface area contributed by atoms with Gasteiger partial charge in [-0.1, -0.05) is 0 Å². The largest absolute Gasteiger partial charge is 0.469 e. The molecule has 2 aliphatic heterocycles. The first-order chi connectivity index (χ1) is 12.8. The molecule has 2 aromatic rings. The van der Waals surface area contributed by atoms with Crippen molar-refractivity contribution in [2.75, 3.05) is 7.11 Å². The predicted octanol–water partition coefficient (Wildman–Crippen LogP) is 1.51. The van der Waals surface area contributed by atoms with Gasteiger partial charge >= 0.3 is 5.97 Å². The maximum atomic E-state index is 13.4. The first-order valence-corrected chi connectivity index (χ1v) is 11.2. The lowest BCUT2D eigenvalue weighted by atomic mass is 9.71. The smallest absolute Gasteiger partial charge is 0.313 e. The molecule has 2 fully saturated rings. The summed E-state index contributed by atoms with van der Waals surface area (Å²) >= 11 is 1.46. The maximum absolute atomic E-state index is 13.4. The van der Waals surface area contributed by atoms with Crippen molar-refractivity contribution in [2.45, 2.75) is 49.6 Å². The van der Waals surface area contributed by atoms with Crippen LogP contribution in [-0.4, -0.2) is 52.7 Å². The monoisotopic (exact) mass is 410 g/mol. The second-order valence-corrected chi connectivity index (χ2v) is 9.87. The van der Waals surface area contributed by atoms with E-state index in [1.54, 1.807) is 23.8 Å². The van der Waals surface area contributed by atoms with Gasteiger partial charge in [0.2, 0.25) is 10.0 Å². The number of rotatable bonds is 5. The summed E-state index contributed by atoms with van der Waals surface area (Å²) in [5.74, 6) is -0.356. The third-order valence-electron chi connectivity index (χ3n) is 5.77. The van der Waals surface area contributed by atoms with E-state index in [0.29, 0.717) is 25.0 Å². The molecule has 2 saturated heterocycles. The number of carbonyl (C=O) groups is 1. The summed E-state index contributed by atoms with van der Waals surface area (Å²) in [7, 11) is -0.689. The van der Waals surface area contributed by atoms with Crippen molar-refractivity contribution in [1.82, 2.24) is 19.1 Å². The third kappa shape index (κ3) is 2.73. The first kappa shape index (κ1) is 18.6. The Morgan fingerprint density at radius 3 is 2.81 bits per heavy atom. The molecule has 4 heterocycles. The average Bonchev–Trinajstić information content (AvgIpc) is 3.38. The number of ether oxygens (including phenoxy) is 1. The molecule has 4 rings (SSSR count). The fourth-order valence-corrected chi connectivity index (χ4v) is 7.47. The highest BCUT2D eigenvalue weighted by atomic mass is 32.2. The summed E-state index contributed by atoms with van der Waals surface area (Å²) < 4.78 is 35.1. The fraction of sp³-hybridized carbons (Fsp3) is 0.588. The molecule has 8 nitrogen and oxygen atoms in total. The minimum Gasteiger partial charge on any atom is -0.469 e. The number of esters is 1. The molecule has 3 atom stereocenters. The Labute approximate surface area is 162 Å². The van der Waals surface area contributed by atoms with Crippen LogP contribution in [0, 0.1) is 12.3 Å². The standard InChI is InChI=1S/C17H22N4O4S2/c1-11-14(8-20(2)19-11)27(23,24)21-13-4-5-15(21)17(7-13,16(22)25-3)6-12-9-26-10-18-12/h8-10,13,15H,4-7H2,1-3H3/t13-,15+,17+/m1/s1. The summed E-state index contributed by atoms with van der Waals surface area (Å²) in [6, 6.07) is -0.640. The molecular weight excluding hydrogens is 388 g/mol. The lowest BCUT2D eigenvalue weighted by Gasteiger charge is -2.34. The van der Waals surface area contributed by atoms with Crippen molar-refractivity contribution in [1.29, 1.82) is 0 Å². The van der Waals surface area contributed by atoms with Gasteiger partial charge in [-0.2, -0.15) is 9.40 Å². The van der Waals surface area contributed by atoms with E-state index in [4.69, 9.17) is 4.74 Å². The van der Waals surface area contributed by atoms with Crippen molar-refractivity contribution in [3.8, 4) is 0 Å². The number of methoxy groups -OCH3 is 1. The number of thiazole rings is 1. The summed E-state index contributed by atoms with van der Waals surface area (Å²) in [6.45, 7) is 1.69. The van der Waals surface area contributed by atoms with E-state index in [-0.39, 0.29) is 16.9 Å². The molecule has 0 unspecified atom stereocenters. The van der Waals surface area contributed by atoms with Crippen LogP contribution in [-0.2, 0) is 33.0 Å². The first-order valence-electron chi connectivity index (χ1n) is 8.79. The molecule has 0 aliphatic carbocycles. The number of nitrogens with zero attached hydrogens (tertiary/aromatic N) is 4. The Hall–Kier alpha value is -1.78. The number of aromatic nitrogens is 3. The Kier molecular flexibility index (Phi) is 4.39. The summed E-state index contributed by atoms with van der Waals surface area (Å²) in [5.41, 5.74) is 2.09. The van der Waals surface area contributed by atoms with Gasteiger partial charge in [-0.3, -0.25) is 9.48 Å². The molecule has 0 radical (unpaired) electrons. The zero-order valence-corrected chi connectivity index (χ0v) is 17.1. The van der Waals surface area contributed by atoms with Crippen LogP contribution in [0.3, 0.4) is 0 Å². The van der Waals surface area contributed by atoms with Crippen LogP contribution >= 0.6 is 11.3 Å². The Bertz CT molecular complexity index is 969. The number of aryl methyl sites for hydroxylation is 2. The van der Waals surface area contributed by atoms with E-state index in [1.807, 2.05) is 5.38 Å². The van der Waals surface area contributed by atoms with Crippen molar-refractivity contribution >= 4 is 27.3 Å². The van der Waals surface area contributed by atoms with Gasteiger partial charge in [-0.05, 0) is 26.2 Å². The van der Waals surface area contributed by atoms with Gasteiger partial charge in [0.05, 0.1) is 29.4 Å². The van der Waals surface area contributed by atoms with Crippen molar-refractivity contribution in [3.05, 3.63) is 28.5 Å². The van der Waals surface area contributed by atoms with E-state index in [1.165, 1.54) is 29.3 Å². The van der Waals surface area contributed by atoms with Gasteiger partial charge in [0.15, 0.2) is 0 Å². The van der Waals surface area contributed by atoms with E-state index >= 15 is 0 Å².